The van der Waals surface area contributed by atoms with E-state index < -0.39 is 32.4 Å². The number of anilines is 1. The van der Waals surface area contributed by atoms with Crippen LogP contribution in [-0.2, 0) is 19.3 Å². The Morgan fingerprint density at radius 2 is 1.80 bits per heavy atom. The first kappa shape index (κ1) is 31.0. The highest BCUT2D eigenvalue weighted by Crippen LogP contribution is 2.35. The monoisotopic (exact) mass is 596 g/mol. The first-order valence-corrected chi connectivity index (χ1v) is 14.1. The molecule has 14 heteroatoms. The Balaban J connectivity index is 1.96. The number of carbonyl (C=O) groups excluding carboxylic acids is 1. The number of rotatable bonds is 8. The maximum absolute atomic E-state index is 13.3. The number of halogens is 1. The quantitative estimate of drug-likeness (QED) is 0.202. The highest BCUT2D eigenvalue weighted by molar-refractivity contribution is 7.92. The van der Waals surface area contributed by atoms with Crippen molar-refractivity contribution in [2.24, 2.45) is 0 Å². The molecule has 3 aromatic heterocycles. The van der Waals surface area contributed by atoms with Crippen molar-refractivity contribution >= 4 is 45.2 Å². The third kappa shape index (κ3) is 6.94. The van der Waals surface area contributed by atoms with Gasteiger partial charge in [-0.3, -0.25) is 9.30 Å². The van der Waals surface area contributed by atoms with Crippen LogP contribution in [0.4, 0.5) is 15.4 Å². The number of hydrogen-bond donors (Lipinski definition) is 1. The summed E-state index contributed by atoms with van der Waals surface area (Å²) in [6, 6.07) is 4.53. The van der Waals surface area contributed by atoms with Gasteiger partial charge >= 0.3 is 12.2 Å². The second-order valence-electron chi connectivity index (χ2n) is 10.8. The molecule has 1 amide bonds. The predicted molar refractivity (Wildman–Crippen MR) is 149 cm³/mol. The Morgan fingerprint density at radius 3 is 2.38 bits per heavy atom. The second kappa shape index (κ2) is 11.5. The lowest BCUT2D eigenvalue weighted by molar-refractivity contribution is -0.00724. The van der Waals surface area contributed by atoms with E-state index in [1.807, 2.05) is 0 Å². The van der Waals surface area contributed by atoms with Gasteiger partial charge in [-0.15, -0.1) is 0 Å². The van der Waals surface area contributed by atoms with Gasteiger partial charge in [0.1, 0.15) is 32.9 Å². The maximum atomic E-state index is 13.3. The fourth-order valence-corrected chi connectivity index (χ4v) is 5.14. The number of methoxy groups -OCH3 is 1. The van der Waals surface area contributed by atoms with Gasteiger partial charge in [-0.05, 0) is 60.1 Å². The van der Waals surface area contributed by atoms with Gasteiger partial charge in [0.05, 0.1) is 30.4 Å². The van der Waals surface area contributed by atoms with Gasteiger partial charge in [0, 0.05) is 24.4 Å². The summed E-state index contributed by atoms with van der Waals surface area (Å²) in [5, 5.41) is 9.85. The number of sulfone groups is 1. The van der Waals surface area contributed by atoms with Crippen LogP contribution < -0.4 is 9.64 Å². The Kier molecular flexibility index (Phi) is 8.90. The minimum absolute atomic E-state index is 0.00903. The molecule has 0 saturated heterocycles. The maximum Gasteiger partial charge on any atom is 0.508 e. The highest BCUT2D eigenvalue weighted by atomic mass is 35.5. The Bertz CT molecular complexity index is 1520. The normalized spacial score (nSPS) is 12.3. The molecule has 40 heavy (non-hydrogen) atoms. The second-order valence-corrected chi connectivity index (χ2v) is 13.9. The van der Waals surface area contributed by atoms with Crippen LogP contribution in [0.2, 0.25) is 5.15 Å². The molecule has 1 N–H and O–H groups in total. The molecule has 0 bridgehead atoms. The van der Waals surface area contributed by atoms with E-state index in [9.17, 15) is 23.1 Å². The Hall–Kier alpha value is -3.58. The van der Waals surface area contributed by atoms with E-state index in [0.717, 1.165) is 4.90 Å². The lowest BCUT2D eigenvalue weighted by atomic mass is 10.2. The van der Waals surface area contributed by atoms with Gasteiger partial charge in [0.2, 0.25) is 0 Å². The van der Waals surface area contributed by atoms with Crippen LogP contribution in [0.15, 0.2) is 35.5 Å². The lowest BCUT2D eigenvalue weighted by Gasteiger charge is -2.21. The minimum Gasteiger partial charge on any atom is -0.495 e. The van der Waals surface area contributed by atoms with Gasteiger partial charge in [-0.1, -0.05) is 11.6 Å². The van der Waals surface area contributed by atoms with E-state index in [1.165, 1.54) is 37.7 Å². The fourth-order valence-electron chi connectivity index (χ4n) is 3.63. The SMILES string of the molecule is COc1cc2ncc(-c3cc(Cl)nc(N(CCCOC(=O)OC(C)(C)C)C(=O)O)c3)n2cc1S(=O)(=O)C(C)(C)C. The fraction of sp³-hybridized carbons (Fsp3) is 0.462. The van der Waals surface area contributed by atoms with E-state index in [1.54, 1.807) is 45.9 Å². The zero-order valence-corrected chi connectivity index (χ0v) is 25.0. The Morgan fingerprint density at radius 1 is 1.12 bits per heavy atom. The molecule has 3 aromatic rings. The average Bonchev–Trinajstić information content (AvgIpc) is 3.23. The zero-order valence-electron chi connectivity index (χ0n) is 23.4. The van der Waals surface area contributed by atoms with Gasteiger partial charge in [0.25, 0.3) is 0 Å². The molecule has 0 aliphatic heterocycles. The summed E-state index contributed by atoms with van der Waals surface area (Å²) >= 11 is 6.28. The van der Waals surface area contributed by atoms with E-state index in [2.05, 4.69) is 9.97 Å². The van der Waals surface area contributed by atoms with Crippen molar-refractivity contribution in [2.75, 3.05) is 25.2 Å². The van der Waals surface area contributed by atoms with E-state index in [4.69, 9.17) is 25.8 Å². The summed E-state index contributed by atoms with van der Waals surface area (Å²) in [5.74, 6) is 0.178. The number of nitrogens with zero attached hydrogens (tertiary/aromatic N) is 4. The molecule has 218 valence electrons. The molecule has 0 aliphatic carbocycles. The van der Waals surface area contributed by atoms with Crippen molar-refractivity contribution in [3.05, 3.63) is 35.7 Å². The van der Waals surface area contributed by atoms with E-state index in [-0.39, 0.29) is 41.2 Å². The third-order valence-electron chi connectivity index (χ3n) is 5.61. The number of carboxylic acid groups (broad SMARTS) is 1. The number of fused-ring (bicyclic) bond motifs is 1. The van der Waals surface area contributed by atoms with Crippen molar-refractivity contribution in [3.63, 3.8) is 0 Å². The van der Waals surface area contributed by atoms with Crippen LogP contribution in [0.3, 0.4) is 0 Å². The van der Waals surface area contributed by atoms with Crippen LogP contribution in [0.5, 0.6) is 5.75 Å². The van der Waals surface area contributed by atoms with Gasteiger partial charge in [-0.25, -0.2) is 28.0 Å². The molecule has 0 fully saturated rings. The summed E-state index contributed by atoms with van der Waals surface area (Å²) in [6.45, 7) is 9.75. The van der Waals surface area contributed by atoms with Gasteiger partial charge < -0.3 is 19.3 Å². The van der Waals surface area contributed by atoms with Crippen molar-refractivity contribution in [1.82, 2.24) is 14.4 Å². The van der Waals surface area contributed by atoms with E-state index in [0.29, 0.717) is 16.9 Å². The van der Waals surface area contributed by atoms with Gasteiger partial charge in [0.15, 0.2) is 9.84 Å². The minimum atomic E-state index is -3.80. The molecule has 0 aliphatic rings. The first-order valence-electron chi connectivity index (χ1n) is 12.3. The molecule has 3 rings (SSSR count). The van der Waals surface area contributed by atoms with Crippen molar-refractivity contribution in [2.45, 2.75) is 63.2 Å². The van der Waals surface area contributed by atoms with Crippen LogP contribution in [0.1, 0.15) is 48.0 Å². The number of imidazole rings is 1. The average molecular weight is 597 g/mol. The molecular formula is C26H33ClN4O8S. The summed E-state index contributed by atoms with van der Waals surface area (Å²) in [5.41, 5.74) is 0.588. The summed E-state index contributed by atoms with van der Waals surface area (Å²) < 4.78 is 42.5. The number of ether oxygens (including phenoxy) is 3. The smallest absolute Gasteiger partial charge is 0.495 e. The molecular weight excluding hydrogens is 564 g/mol. The molecule has 0 saturated carbocycles. The number of hydrogen-bond acceptors (Lipinski definition) is 9. The van der Waals surface area contributed by atoms with E-state index >= 15 is 0 Å². The van der Waals surface area contributed by atoms with Crippen LogP contribution in [0.25, 0.3) is 16.9 Å². The predicted octanol–water partition coefficient (Wildman–Crippen LogP) is 5.46. The zero-order chi connectivity index (χ0) is 30.0. The van der Waals surface area contributed by atoms with Crippen LogP contribution in [0, 0.1) is 0 Å². The van der Waals surface area contributed by atoms with Crippen molar-refractivity contribution < 1.29 is 37.3 Å². The molecule has 0 spiro atoms. The molecule has 0 atom stereocenters. The Labute approximate surface area is 237 Å². The third-order valence-corrected chi connectivity index (χ3v) is 8.30. The summed E-state index contributed by atoms with van der Waals surface area (Å²) in [4.78, 5) is 33.3. The summed E-state index contributed by atoms with van der Waals surface area (Å²) in [7, 11) is -2.42. The number of amides is 1. The largest absolute Gasteiger partial charge is 0.508 e. The number of carbonyl (C=O) groups is 2. The molecule has 0 aromatic carbocycles. The standard InChI is InChI=1S/C26H33ClN4O8S/c1-25(2,3)39-24(34)38-10-8-9-30(23(32)33)22-12-16(11-20(27)29-22)17-14-28-21-13-18(37-7)19(15-31(17)21)40(35,36)26(4,5)6/h11-15H,8-10H2,1-7H3,(H,32,33). The van der Waals surface area contributed by atoms with Crippen LogP contribution in [-0.4, -0.2) is 70.8 Å². The molecule has 0 unspecified atom stereocenters. The van der Waals surface area contributed by atoms with Gasteiger partial charge in [-0.2, -0.15) is 0 Å². The topological polar surface area (TPSA) is 150 Å². The molecule has 3 heterocycles. The molecule has 0 radical (unpaired) electrons. The molecule has 12 nitrogen and oxygen atoms in total. The van der Waals surface area contributed by atoms with Crippen molar-refractivity contribution in [3.8, 4) is 17.0 Å². The van der Waals surface area contributed by atoms with Crippen LogP contribution >= 0.6 is 11.6 Å². The number of pyridine rings is 2. The summed E-state index contributed by atoms with van der Waals surface area (Å²) in [6.07, 6.45) is 0.957. The first-order chi connectivity index (χ1) is 18.4. The lowest BCUT2D eigenvalue weighted by Crippen LogP contribution is -2.32. The highest BCUT2D eigenvalue weighted by Gasteiger charge is 2.34. The number of aromatic nitrogens is 3. The van der Waals surface area contributed by atoms with Crippen molar-refractivity contribution in [1.29, 1.82) is 0 Å².